The Balaban J connectivity index is 2.02. The molecule has 0 N–H and O–H groups in total. The fraction of sp³-hybridized carbons (Fsp3) is 0.667. The molecule has 152 valence electrons. The van der Waals surface area contributed by atoms with Crippen molar-refractivity contribution in [3.8, 4) is 5.75 Å². The van der Waals surface area contributed by atoms with E-state index in [0.29, 0.717) is 24.3 Å². The Morgan fingerprint density at radius 1 is 1.00 bits per heavy atom. The van der Waals surface area contributed by atoms with Crippen LogP contribution in [0.15, 0.2) is 18.2 Å². The fourth-order valence-corrected chi connectivity index (χ4v) is 6.56. The van der Waals surface area contributed by atoms with Gasteiger partial charge in [0.25, 0.3) is 0 Å². The molecule has 0 fully saturated rings. The van der Waals surface area contributed by atoms with E-state index in [1.54, 1.807) is 6.07 Å². The molecule has 0 heterocycles. The van der Waals surface area contributed by atoms with Gasteiger partial charge in [-0.05, 0) is 42.3 Å². The minimum absolute atomic E-state index is 0.0723. The number of aryl methyl sites for hydroxylation is 1. The maximum absolute atomic E-state index is 13.4. The zero-order chi connectivity index (χ0) is 19.5. The lowest BCUT2D eigenvalue weighted by molar-refractivity contribution is 0.0993. The van der Waals surface area contributed by atoms with E-state index in [1.165, 1.54) is 24.2 Å². The molecule has 1 aliphatic rings. The maximum atomic E-state index is 13.4. The first kappa shape index (κ1) is 22.5. The number of ketones is 1. The van der Waals surface area contributed by atoms with Crippen LogP contribution in [0.3, 0.4) is 0 Å². The number of benzene rings is 1. The normalized spacial score (nSPS) is 15.6. The Kier molecular flexibility index (Phi) is 9.95. The average Bonchev–Trinajstić information content (AvgIpc) is 3.04. The van der Waals surface area contributed by atoms with Crippen molar-refractivity contribution in [2.24, 2.45) is 0 Å². The van der Waals surface area contributed by atoms with Crippen molar-refractivity contribution in [1.29, 1.82) is 0 Å². The highest BCUT2D eigenvalue weighted by Crippen LogP contribution is 2.61. The molecule has 0 saturated heterocycles. The summed E-state index contributed by atoms with van der Waals surface area (Å²) in [6.07, 6.45) is 9.96. The summed E-state index contributed by atoms with van der Waals surface area (Å²) in [6.45, 7) is 1.43. The minimum Gasteiger partial charge on any atom is -0.416 e. The van der Waals surface area contributed by atoms with E-state index in [1.807, 2.05) is 12.1 Å². The molecule has 4 nitrogen and oxygen atoms in total. The van der Waals surface area contributed by atoms with Gasteiger partial charge >= 0.3 is 6.80 Å². The number of hydrogen-bond acceptors (Lipinski definition) is 5. The molecule has 6 heteroatoms. The standard InChI is InChI=1S/C21H33O4PS/c1-3-5-7-9-16-24-26(23,27-17-10-8-6-4-2)25-20-13-11-12-18-14-15-19(22)21(18)20/h11-13H,3-10,14-17H2,1-2H3. The molecule has 0 aromatic heterocycles. The first-order valence-electron chi connectivity index (χ1n) is 10.3. The first-order valence-corrected chi connectivity index (χ1v) is 13.5. The van der Waals surface area contributed by atoms with Crippen molar-refractivity contribution in [3.05, 3.63) is 29.3 Å². The van der Waals surface area contributed by atoms with Gasteiger partial charge in [0, 0.05) is 12.2 Å². The summed E-state index contributed by atoms with van der Waals surface area (Å²) < 4.78 is 25.0. The van der Waals surface area contributed by atoms with Crippen molar-refractivity contribution >= 4 is 24.0 Å². The van der Waals surface area contributed by atoms with Gasteiger partial charge < -0.3 is 4.52 Å². The van der Waals surface area contributed by atoms with Crippen LogP contribution < -0.4 is 4.52 Å². The summed E-state index contributed by atoms with van der Waals surface area (Å²) in [5.74, 6) is 1.24. The number of rotatable bonds is 14. The molecule has 1 atom stereocenters. The third-order valence-corrected chi connectivity index (χ3v) is 8.46. The number of unbranched alkanes of at least 4 members (excludes halogenated alkanes) is 6. The minimum atomic E-state index is -3.33. The first-order chi connectivity index (χ1) is 13.1. The van der Waals surface area contributed by atoms with Gasteiger partial charge in [-0.25, -0.2) is 4.57 Å². The van der Waals surface area contributed by atoms with Gasteiger partial charge in [0.2, 0.25) is 0 Å². The van der Waals surface area contributed by atoms with Crippen LogP contribution in [0.1, 0.15) is 87.6 Å². The summed E-state index contributed by atoms with van der Waals surface area (Å²) in [4.78, 5) is 12.2. The largest absolute Gasteiger partial charge is 0.440 e. The summed E-state index contributed by atoms with van der Waals surface area (Å²) >= 11 is 1.28. The van der Waals surface area contributed by atoms with E-state index in [0.717, 1.165) is 56.3 Å². The molecular formula is C21H33O4PS. The predicted molar refractivity (Wildman–Crippen MR) is 114 cm³/mol. The molecule has 1 aromatic carbocycles. The van der Waals surface area contributed by atoms with Crippen LogP contribution in [-0.4, -0.2) is 18.1 Å². The van der Waals surface area contributed by atoms with Crippen LogP contribution in [0.2, 0.25) is 0 Å². The van der Waals surface area contributed by atoms with Crippen LogP contribution in [-0.2, 0) is 15.5 Å². The SMILES string of the molecule is CCCCCCOP(=O)(Oc1cccc2c1C(=O)CC2)SCCCCCC. The third-order valence-electron chi connectivity index (χ3n) is 4.72. The van der Waals surface area contributed by atoms with Gasteiger partial charge in [0.05, 0.1) is 12.2 Å². The monoisotopic (exact) mass is 412 g/mol. The second-order valence-corrected chi connectivity index (χ2v) is 11.2. The fourth-order valence-electron chi connectivity index (χ4n) is 3.17. The summed E-state index contributed by atoms with van der Waals surface area (Å²) in [5.41, 5.74) is 1.58. The van der Waals surface area contributed by atoms with Gasteiger partial charge in [0.1, 0.15) is 5.75 Å². The lowest BCUT2D eigenvalue weighted by Gasteiger charge is -2.20. The van der Waals surface area contributed by atoms with Crippen molar-refractivity contribution < 1.29 is 18.4 Å². The predicted octanol–water partition coefficient (Wildman–Crippen LogP) is 7.21. The Morgan fingerprint density at radius 2 is 1.74 bits per heavy atom. The summed E-state index contributed by atoms with van der Waals surface area (Å²) in [5, 5.41) is 0. The zero-order valence-electron chi connectivity index (χ0n) is 16.7. The molecule has 0 amide bonds. The smallest absolute Gasteiger partial charge is 0.416 e. The molecule has 0 aliphatic heterocycles. The highest BCUT2D eigenvalue weighted by atomic mass is 32.7. The van der Waals surface area contributed by atoms with Crippen molar-refractivity contribution in [2.75, 3.05) is 12.4 Å². The molecule has 1 aliphatic carbocycles. The third kappa shape index (κ3) is 7.29. The molecule has 1 aromatic rings. The lowest BCUT2D eigenvalue weighted by Crippen LogP contribution is -2.02. The molecule has 0 radical (unpaired) electrons. The van der Waals surface area contributed by atoms with Crippen LogP contribution in [0, 0.1) is 0 Å². The zero-order valence-corrected chi connectivity index (χ0v) is 18.4. The highest BCUT2D eigenvalue weighted by Gasteiger charge is 2.31. The van der Waals surface area contributed by atoms with Gasteiger partial charge in [-0.15, -0.1) is 0 Å². The second-order valence-electron chi connectivity index (χ2n) is 7.04. The molecule has 27 heavy (non-hydrogen) atoms. The van der Waals surface area contributed by atoms with Crippen LogP contribution in [0.25, 0.3) is 0 Å². The van der Waals surface area contributed by atoms with Crippen molar-refractivity contribution in [2.45, 2.75) is 78.1 Å². The van der Waals surface area contributed by atoms with E-state index in [-0.39, 0.29) is 5.78 Å². The van der Waals surface area contributed by atoms with Crippen molar-refractivity contribution in [1.82, 2.24) is 0 Å². The summed E-state index contributed by atoms with van der Waals surface area (Å²) in [6, 6.07) is 5.55. The quantitative estimate of drug-likeness (QED) is 0.239. The Labute approximate surface area is 168 Å². The number of hydrogen-bond donors (Lipinski definition) is 0. The van der Waals surface area contributed by atoms with Crippen LogP contribution >= 0.6 is 18.2 Å². The molecule has 1 unspecified atom stereocenters. The van der Waals surface area contributed by atoms with Crippen molar-refractivity contribution in [3.63, 3.8) is 0 Å². The van der Waals surface area contributed by atoms with Gasteiger partial charge in [-0.1, -0.05) is 64.5 Å². The van der Waals surface area contributed by atoms with E-state index in [2.05, 4.69) is 13.8 Å². The Morgan fingerprint density at radius 3 is 2.48 bits per heavy atom. The number of fused-ring (bicyclic) bond motifs is 1. The highest BCUT2D eigenvalue weighted by molar-refractivity contribution is 8.55. The van der Waals surface area contributed by atoms with Crippen LogP contribution in [0.4, 0.5) is 0 Å². The van der Waals surface area contributed by atoms with Crippen LogP contribution in [0.5, 0.6) is 5.75 Å². The number of Topliss-reactive ketones (excluding diaryl/α,β-unsaturated/α-hetero) is 1. The van der Waals surface area contributed by atoms with Gasteiger partial charge in [0.15, 0.2) is 5.78 Å². The second kappa shape index (κ2) is 11.9. The molecule has 0 bridgehead atoms. The molecular weight excluding hydrogens is 379 g/mol. The number of carbonyl (C=O) groups is 1. The molecule has 2 rings (SSSR count). The average molecular weight is 413 g/mol. The van der Waals surface area contributed by atoms with E-state index >= 15 is 0 Å². The Hall–Kier alpha value is -0.770. The number of carbonyl (C=O) groups excluding carboxylic acids is 1. The lowest BCUT2D eigenvalue weighted by atomic mass is 10.1. The van der Waals surface area contributed by atoms with E-state index in [9.17, 15) is 9.36 Å². The van der Waals surface area contributed by atoms with E-state index < -0.39 is 6.80 Å². The maximum Gasteiger partial charge on any atom is 0.440 e. The van der Waals surface area contributed by atoms with Gasteiger partial charge in [-0.3, -0.25) is 9.32 Å². The summed E-state index contributed by atoms with van der Waals surface area (Å²) in [7, 11) is 0. The molecule has 0 spiro atoms. The topological polar surface area (TPSA) is 52.6 Å². The molecule has 0 saturated carbocycles. The van der Waals surface area contributed by atoms with E-state index in [4.69, 9.17) is 9.05 Å². The Bertz CT molecular complexity index is 629. The van der Waals surface area contributed by atoms with Gasteiger partial charge in [-0.2, -0.15) is 0 Å².